The molecule has 3 aromatic heterocycles. The zero-order valence-electron chi connectivity index (χ0n) is 46.8. The maximum atomic E-state index is 12.6. The molecule has 0 saturated carbocycles. The molecule has 0 radical (unpaired) electrons. The first kappa shape index (κ1) is 58.5. The molecular formula is C60H76N6O12. The molecule has 0 spiro atoms. The van der Waals surface area contributed by atoms with Crippen molar-refractivity contribution in [3.8, 4) is 85.1 Å². The van der Waals surface area contributed by atoms with Crippen molar-refractivity contribution in [1.82, 2.24) is 29.7 Å². The quantitative estimate of drug-likeness (QED) is 0.0409. The zero-order chi connectivity index (χ0) is 55.7. The molecule has 1 fully saturated rings. The van der Waals surface area contributed by atoms with Crippen LogP contribution in [0.25, 0.3) is 33.4 Å². The van der Waals surface area contributed by atoms with Gasteiger partial charge in [-0.05, 0) is 86.2 Å². The molecule has 1 saturated heterocycles. The number of phenols is 1. The molecule has 0 bridgehead atoms. The average molecular weight is 1070 g/mol. The summed E-state index contributed by atoms with van der Waals surface area (Å²) >= 11 is 0. The fraction of sp³-hybridized carbons (Fsp3) is 0.433. The summed E-state index contributed by atoms with van der Waals surface area (Å²) in [5.74, 6) is 4.52. The van der Waals surface area contributed by atoms with Gasteiger partial charge in [0, 0.05) is 126 Å². The second kappa shape index (κ2) is 28.4. The molecule has 0 amide bonds. The number of aliphatic hydroxyl groups excluding tert-OH is 1. The molecule has 4 heterocycles. The van der Waals surface area contributed by atoms with Crippen molar-refractivity contribution in [2.75, 3.05) is 116 Å². The van der Waals surface area contributed by atoms with Crippen molar-refractivity contribution in [2.24, 2.45) is 5.92 Å². The van der Waals surface area contributed by atoms with Crippen LogP contribution in [0.2, 0.25) is 0 Å². The third-order valence-electron chi connectivity index (χ3n) is 13.8. The number of aryl methyl sites for hydroxylation is 2. The number of unbranched alkanes of at least 4 members (excludes halogenated alkanes) is 2. The number of rotatable bonds is 25. The van der Waals surface area contributed by atoms with Gasteiger partial charge >= 0.3 is 0 Å². The van der Waals surface area contributed by atoms with Crippen LogP contribution in [0.3, 0.4) is 0 Å². The Morgan fingerprint density at radius 2 is 0.910 bits per heavy atom. The maximum Gasteiger partial charge on any atom is 0.168 e. The Kier molecular flexibility index (Phi) is 21.3. The fourth-order valence-electron chi connectivity index (χ4n) is 10.2. The van der Waals surface area contributed by atoms with Crippen molar-refractivity contribution in [2.45, 2.75) is 52.7 Å². The standard InChI is InChI=1S/C60H76N6O12/c1-39-20-42(59-54(74-7)28-50(71-4)29-55(59)75-8)22-45(61-39)35-65-16-14-64(34-47-24-44(25-48(37-68)63-47)58-52(69)26-49(70-3)27-53(58)73-6)15-17-66(33-41(32-65)38-78-19-13-11-12-18-67)36-46-23-43(21-40(2)62-46)60-56(76-9)30-51(72-5)31-57(60)77-10/h20-31,37,41,67,69H,11-19,32-36,38H2,1-10H3. The molecule has 0 atom stereocenters. The minimum atomic E-state index is -0.0530. The molecule has 0 aliphatic carbocycles. The van der Waals surface area contributed by atoms with Gasteiger partial charge in [0.1, 0.15) is 57.4 Å². The molecule has 1 aliphatic heterocycles. The average Bonchev–Trinajstić information content (AvgIpc) is 3.50. The van der Waals surface area contributed by atoms with E-state index in [0.717, 1.165) is 70.6 Å². The Balaban J connectivity index is 1.29. The van der Waals surface area contributed by atoms with Crippen molar-refractivity contribution in [1.29, 1.82) is 0 Å². The van der Waals surface area contributed by atoms with Gasteiger partial charge in [0.15, 0.2) is 6.29 Å². The second-order valence-corrected chi connectivity index (χ2v) is 19.4. The lowest BCUT2D eigenvalue weighted by Gasteiger charge is -2.36. The van der Waals surface area contributed by atoms with Crippen molar-refractivity contribution < 1.29 is 57.6 Å². The van der Waals surface area contributed by atoms with Crippen LogP contribution in [0.15, 0.2) is 72.8 Å². The lowest BCUT2D eigenvalue weighted by Crippen LogP contribution is -2.46. The normalized spacial score (nSPS) is 13.9. The monoisotopic (exact) mass is 1070 g/mol. The van der Waals surface area contributed by atoms with Gasteiger partial charge in [0.05, 0.1) is 97.3 Å². The highest BCUT2D eigenvalue weighted by Gasteiger charge is 2.26. The molecule has 78 heavy (non-hydrogen) atoms. The Morgan fingerprint density at radius 3 is 1.35 bits per heavy atom. The van der Waals surface area contributed by atoms with E-state index in [0.29, 0.717) is 135 Å². The van der Waals surface area contributed by atoms with Gasteiger partial charge in [-0.15, -0.1) is 0 Å². The molecule has 3 aromatic carbocycles. The molecule has 7 rings (SSSR count). The third-order valence-corrected chi connectivity index (χ3v) is 13.8. The van der Waals surface area contributed by atoms with Crippen molar-refractivity contribution in [3.63, 3.8) is 0 Å². The van der Waals surface area contributed by atoms with Crippen LogP contribution >= 0.6 is 0 Å². The van der Waals surface area contributed by atoms with Crippen molar-refractivity contribution in [3.05, 3.63) is 107 Å². The minimum absolute atomic E-state index is 0.0530. The number of aromatic hydroxyl groups is 1. The maximum absolute atomic E-state index is 12.6. The van der Waals surface area contributed by atoms with Crippen LogP contribution in [0, 0.1) is 19.8 Å². The van der Waals surface area contributed by atoms with E-state index in [1.54, 1.807) is 54.8 Å². The Bertz CT molecular complexity index is 2780. The van der Waals surface area contributed by atoms with Gasteiger partial charge in [-0.1, -0.05) is 0 Å². The van der Waals surface area contributed by atoms with Crippen molar-refractivity contribution >= 4 is 6.29 Å². The van der Waals surface area contributed by atoms with Gasteiger partial charge in [-0.25, -0.2) is 4.98 Å². The van der Waals surface area contributed by atoms with E-state index in [1.165, 1.54) is 20.3 Å². The number of phenolic OH excluding ortho intramolecular Hbond substituents is 1. The summed E-state index contributed by atoms with van der Waals surface area (Å²) in [4.78, 5) is 34.8. The summed E-state index contributed by atoms with van der Waals surface area (Å²) in [6, 6.07) is 22.5. The number of carbonyl (C=O) groups is 1. The smallest absolute Gasteiger partial charge is 0.168 e. The summed E-state index contributed by atoms with van der Waals surface area (Å²) in [7, 11) is 12.8. The number of aldehydes is 1. The number of benzene rings is 3. The lowest BCUT2D eigenvalue weighted by atomic mass is 10.0. The van der Waals surface area contributed by atoms with Gasteiger partial charge in [-0.3, -0.25) is 29.5 Å². The lowest BCUT2D eigenvalue weighted by molar-refractivity contribution is 0.0442. The SMILES string of the molecule is COc1cc(O)c(-c2cc(C=O)nc(CN3CCN(Cc4cc(-c5c(OC)cc(OC)cc5OC)cc(C)n4)CC(COCCCCCO)CN(Cc4cc(-c5c(OC)cc(OC)cc5OC)cc(C)n4)CC3)c2)c(OC)c1. The molecule has 1 aliphatic rings. The summed E-state index contributed by atoms with van der Waals surface area (Å²) in [6.07, 6.45) is 3.19. The Hall–Kier alpha value is -7.22. The van der Waals surface area contributed by atoms with Crippen LogP contribution in [0.5, 0.6) is 51.7 Å². The highest BCUT2D eigenvalue weighted by atomic mass is 16.5. The van der Waals surface area contributed by atoms with Gasteiger partial charge in [0.2, 0.25) is 0 Å². The molecule has 6 aromatic rings. The van der Waals surface area contributed by atoms with E-state index in [2.05, 4.69) is 26.8 Å². The number of carbonyl (C=O) groups excluding carboxylic acids is 1. The number of aromatic nitrogens is 3. The largest absolute Gasteiger partial charge is 0.507 e. The van der Waals surface area contributed by atoms with E-state index >= 15 is 0 Å². The number of nitrogens with zero attached hydrogens (tertiary/aromatic N) is 6. The summed E-state index contributed by atoms with van der Waals surface area (Å²) < 4.78 is 52.4. The highest BCUT2D eigenvalue weighted by molar-refractivity contribution is 5.83. The first-order valence-corrected chi connectivity index (χ1v) is 26.2. The summed E-state index contributed by atoms with van der Waals surface area (Å²) in [5, 5.41) is 20.8. The van der Waals surface area contributed by atoms with Gasteiger partial charge in [0.25, 0.3) is 0 Å². The number of aliphatic hydroxyl groups is 1. The molecule has 0 unspecified atom stereocenters. The van der Waals surface area contributed by atoms with Gasteiger partial charge in [-0.2, -0.15) is 0 Å². The zero-order valence-corrected chi connectivity index (χ0v) is 46.8. The summed E-state index contributed by atoms with van der Waals surface area (Å²) in [6.45, 7) is 10.6. The van der Waals surface area contributed by atoms with Crippen LogP contribution in [0.1, 0.15) is 58.2 Å². The predicted octanol–water partition coefficient (Wildman–Crippen LogP) is 8.69. The van der Waals surface area contributed by atoms with E-state index < -0.39 is 0 Å². The van der Waals surface area contributed by atoms with Crippen LogP contribution < -0.4 is 37.9 Å². The topological polar surface area (TPSA) is 189 Å². The van der Waals surface area contributed by atoms with E-state index in [1.807, 2.05) is 56.3 Å². The van der Waals surface area contributed by atoms with Gasteiger partial charge < -0.3 is 52.8 Å². The Morgan fingerprint density at radius 1 is 0.500 bits per heavy atom. The Labute approximate surface area is 458 Å². The first-order valence-electron chi connectivity index (χ1n) is 26.2. The molecule has 2 N–H and O–H groups in total. The number of pyridine rings is 3. The molecule has 18 nitrogen and oxygen atoms in total. The van der Waals surface area contributed by atoms with E-state index in [4.69, 9.17) is 57.6 Å². The fourth-order valence-corrected chi connectivity index (χ4v) is 10.2. The van der Waals surface area contributed by atoms with E-state index in [-0.39, 0.29) is 24.0 Å². The predicted molar refractivity (Wildman–Crippen MR) is 299 cm³/mol. The molecule has 418 valence electrons. The highest BCUT2D eigenvalue weighted by Crippen LogP contribution is 2.45. The molecular weight excluding hydrogens is 997 g/mol. The molecule has 18 heteroatoms. The summed E-state index contributed by atoms with van der Waals surface area (Å²) in [5.41, 5.74) is 8.69. The number of hydrogen-bond acceptors (Lipinski definition) is 18. The van der Waals surface area contributed by atoms with Crippen LogP contribution in [-0.2, 0) is 24.4 Å². The number of hydrogen-bond donors (Lipinski definition) is 2. The van der Waals surface area contributed by atoms with Crippen LogP contribution in [0.4, 0.5) is 0 Å². The second-order valence-electron chi connectivity index (χ2n) is 19.4. The van der Waals surface area contributed by atoms with Crippen LogP contribution in [-0.4, -0.2) is 162 Å². The number of methoxy groups -OCH3 is 8. The first-order chi connectivity index (χ1) is 37.8. The number of ether oxygens (including phenoxy) is 9. The van der Waals surface area contributed by atoms with E-state index in [9.17, 15) is 15.0 Å². The minimum Gasteiger partial charge on any atom is -0.507 e. The third kappa shape index (κ3) is 15.1.